The van der Waals surface area contributed by atoms with Crippen molar-refractivity contribution in [3.63, 3.8) is 0 Å². The van der Waals surface area contributed by atoms with Gasteiger partial charge in [-0.1, -0.05) is 93.6 Å². The summed E-state index contributed by atoms with van der Waals surface area (Å²) in [5, 5.41) is 11.6. The highest BCUT2D eigenvalue weighted by atomic mass is 16.5. The number of carbonyl (C=O) groups excluding carboxylic acids is 2. The van der Waals surface area contributed by atoms with Gasteiger partial charge in [0.2, 0.25) is 0 Å². The number of benzene rings is 4. The number of aliphatic hydroxyl groups excluding tert-OH is 1. The number of aliphatic hydroxyl groups is 1. The average Bonchev–Trinajstić information content (AvgIpc) is 3.22. The highest BCUT2D eigenvalue weighted by molar-refractivity contribution is 6.51. The van der Waals surface area contributed by atoms with E-state index in [1.807, 2.05) is 79.7 Å². The molecule has 1 aliphatic heterocycles. The van der Waals surface area contributed by atoms with E-state index in [4.69, 9.17) is 4.74 Å². The second-order valence-corrected chi connectivity index (χ2v) is 11.1. The van der Waals surface area contributed by atoms with E-state index in [2.05, 4.69) is 20.8 Å². The zero-order valence-corrected chi connectivity index (χ0v) is 23.2. The van der Waals surface area contributed by atoms with E-state index < -0.39 is 17.7 Å². The van der Waals surface area contributed by atoms with Crippen molar-refractivity contribution in [2.24, 2.45) is 0 Å². The van der Waals surface area contributed by atoms with Crippen LogP contribution in [0.4, 0.5) is 5.69 Å². The van der Waals surface area contributed by atoms with Gasteiger partial charge in [-0.2, -0.15) is 0 Å². The standard InChI is InChI=1S/C35H33NO4/c1-23-21-26(17-20-29(23)40-22-24-11-7-5-8-12-24)32(37)30-31(25-15-18-27(19-16-25)35(2,3)4)36(34(39)33(30)38)28-13-9-6-10-14-28/h5-21,31,37H,22H2,1-4H3/b32-30-. The van der Waals surface area contributed by atoms with Crippen LogP contribution in [0.15, 0.2) is 109 Å². The smallest absolute Gasteiger partial charge is 0.300 e. The molecule has 1 saturated heterocycles. The van der Waals surface area contributed by atoms with Crippen molar-refractivity contribution in [2.45, 2.75) is 45.8 Å². The summed E-state index contributed by atoms with van der Waals surface area (Å²) in [6.07, 6.45) is 0. The van der Waals surface area contributed by atoms with E-state index >= 15 is 0 Å². The van der Waals surface area contributed by atoms with Gasteiger partial charge in [-0.15, -0.1) is 0 Å². The number of ketones is 1. The van der Waals surface area contributed by atoms with Gasteiger partial charge in [0.1, 0.15) is 18.1 Å². The summed E-state index contributed by atoms with van der Waals surface area (Å²) in [4.78, 5) is 28.4. The Balaban J connectivity index is 1.56. The molecule has 0 spiro atoms. The molecule has 0 radical (unpaired) electrons. The van der Waals surface area contributed by atoms with Crippen molar-refractivity contribution in [1.29, 1.82) is 0 Å². The third kappa shape index (κ3) is 5.28. The first kappa shape index (κ1) is 26.9. The molecule has 0 bridgehead atoms. The molecule has 5 heteroatoms. The van der Waals surface area contributed by atoms with Crippen LogP contribution in [0.2, 0.25) is 0 Å². The fourth-order valence-corrected chi connectivity index (χ4v) is 5.02. The molecule has 1 amide bonds. The molecule has 202 valence electrons. The number of carbonyl (C=O) groups is 2. The highest BCUT2D eigenvalue weighted by Crippen LogP contribution is 2.42. The predicted molar refractivity (Wildman–Crippen MR) is 158 cm³/mol. The number of anilines is 1. The molecule has 0 aliphatic carbocycles. The Bertz CT molecular complexity index is 1570. The van der Waals surface area contributed by atoms with Crippen LogP contribution in [0.3, 0.4) is 0 Å². The van der Waals surface area contributed by atoms with Gasteiger partial charge in [-0.05, 0) is 64.9 Å². The summed E-state index contributed by atoms with van der Waals surface area (Å²) in [5.74, 6) is -0.913. The molecular weight excluding hydrogens is 498 g/mol. The van der Waals surface area contributed by atoms with Crippen LogP contribution < -0.4 is 9.64 Å². The van der Waals surface area contributed by atoms with Gasteiger partial charge in [-0.25, -0.2) is 0 Å². The minimum atomic E-state index is -0.772. The lowest BCUT2D eigenvalue weighted by molar-refractivity contribution is -0.132. The number of Topliss-reactive ketones (excluding diaryl/α,β-unsaturated/α-hetero) is 1. The zero-order valence-electron chi connectivity index (χ0n) is 23.2. The van der Waals surface area contributed by atoms with Crippen LogP contribution in [0, 0.1) is 6.92 Å². The monoisotopic (exact) mass is 531 g/mol. The summed E-state index contributed by atoms with van der Waals surface area (Å²) in [7, 11) is 0. The fourth-order valence-electron chi connectivity index (χ4n) is 5.02. The number of para-hydroxylation sites is 1. The third-order valence-electron chi connectivity index (χ3n) is 7.26. The maximum atomic E-state index is 13.5. The first-order valence-electron chi connectivity index (χ1n) is 13.4. The molecule has 1 fully saturated rings. The maximum Gasteiger partial charge on any atom is 0.300 e. The van der Waals surface area contributed by atoms with Gasteiger partial charge < -0.3 is 9.84 Å². The fraction of sp³-hybridized carbons (Fsp3) is 0.200. The lowest BCUT2D eigenvalue weighted by atomic mass is 9.85. The number of aryl methyl sites for hydroxylation is 1. The molecule has 1 atom stereocenters. The molecule has 4 aromatic carbocycles. The van der Waals surface area contributed by atoms with Gasteiger partial charge in [0.15, 0.2) is 0 Å². The van der Waals surface area contributed by atoms with Crippen molar-refractivity contribution in [1.82, 2.24) is 0 Å². The van der Waals surface area contributed by atoms with E-state index in [-0.39, 0.29) is 16.7 Å². The highest BCUT2D eigenvalue weighted by Gasteiger charge is 2.47. The molecule has 0 saturated carbocycles. The van der Waals surface area contributed by atoms with Crippen LogP contribution in [0.1, 0.15) is 54.6 Å². The van der Waals surface area contributed by atoms with Crippen LogP contribution in [-0.4, -0.2) is 16.8 Å². The number of rotatable bonds is 6. The molecule has 0 aromatic heterocycles. The van der Waals surface area contributed by atoms with Gasteiger partial charge in [0, 0.05) is 11.3 Å². The first-order valence-corrected chi connectivity index (χ1v) is 13.4. The van der Waals surface area contributed by atoms with E-state index in [1.54, 1.807) is 30.3 Å². The van der Waals surface area contributed by atoms with Crippen molar-refractivity contribution in [3.8, 4) is 5.75 Å². The minimum absolute atomic E-state index is 0.0539. The van der Waals surface area contributed by atoms with Gasteiger partial charge in [-0.3, -0.25) is 14.5 Å². The first-order chi connectivity index (χ1) is 19.1. The SMILES string of the molecule is Cc1cc(/C(O)=C2/C(=O)C(=O)N(c3ccccc3)C2c2ccc(C(C)(C)C)cc2)ccc1OCc1ccccc1. The van der Waals surface area contributed by atoms with E-state index in [1.165, 1.54) is 4.90 Å². The van der Waals surface area contributed by atoms with E-state index in [0.29, 0.717) is 23.6 Å². The summed E-state index contributed by atoms with van der Waals surface area (Å²) in [6, 6.07) is 31.4. The minimum Gasteiger partial charge on any atom is -0.507 e. The summed E-state index contributed by atoms with van der Waals surface area (Å²) in [6.45, 7) is 8.71. The number of amides is 1. The number of ether oxygens (including phenoxy) is 1. The summed E-state index contributed by atoms with van der Waals surface area (Å²) >= 11 is 0. The van der Waals surface area contributed by atoms with Crippen molar-refractivity contribution in [2.75, 3.05) is 4.90 Å². The van der Waals surface area contributed by atoms with E-state index in [0.717, 1.165) is 22.3 Å². The molecule has 1 heterocycles. The second kappa shape index (κ2) is 10.9. The number of nitrogens with zero attached hydrogens (tertiary/aromatic N) is 1. The Kier molecular flexibility index (Phi) is 7.31. The van der Waals surface area contributed by atoms with Crippen LogP contribution in [-0.2, 0) is 21.6 Å². The number of hydrogen-bond acceptors (Lipinski definition) is 4. The summed E-state index contributed by atoms with van der Waals surface area (Å²) in [5.41, 5.74) is 4.79. The number of hydrogen-bond donors (Lipinski definition) is 1. The zero-order chi connectivity index (χ0) is 28.4. The van der Waals surface area contributed by atoms with Gasteiger partial charge >= 0.3 is 0 Å². The Labute approximate surface area is 235 Å². The Morgan fingerprint density at radius 2 is 1.48 bits per heavy atom. The van der Waals surface area contributed by atoms with Gasteiger partial charge in [0.25, 0.3) is 11.7 Å². The molecule has 4 aromatic rings. The van der Waals surface area contributed by atoms with Crippen LogP contribution in [0.25, 0.3) is 5.76 Å². The predicted octanol–water partition coefficient (Wildman–Crippen LogP) is 7.50. The lowest BCUT2D eigenvalue weighted by Crippen LogP contribution is -2.29. The third-order valence-corrected chi connectivity index (χ3v) is 7.26. The van der Waals surface area contributed by atoms with Crippen LogP contribution >= 0.6 is 0 Å². The molecule has 5 nitrogen and oxygen atoms in total. The summed E-state index contributed by atoms with van der Waals surface area (Å²) < 4.78 is 6.00. The normalized spacial score (nSPS) is 16.8. The molecule has 1 unspecified atom stereocenters. The quantitative estimate of drug-likeness (QED) is 0.159. The van der Waals surface area contributed by atoms with Crippen molar-refractivity contribution >= 4 is 23.1 Å². The largest absolute Gasteiger partial charge is 0.507 e. The average molecular weight is 532 g/mol. The van der Waals surface area contributed by atoms with Crippen molar-refractivity contribution < 1.29 is 19.4 Å². The molecule has 1 aliphatic rings. The lowest BCUT2D eigenvalue weighted by Gasteiger charge is -2.26. The molecule has 40 heavy (non-hydrogen) atoms. The maximum absolute atomic E-state index is 13.5. The Morgan fingerprint density at radius 1 is 0.850 bits per heavy atom. The molecule has 5 rings (SSSR count). The van der Waals surface area contributed by atoms with E-state index in [9.17, 15) is 14.7 Å². The topological polar surface area (TPSA) is 66.8 Å². The Hall–Kier alpha value is -4.64. The molecular formula is C35H33NO4. The van der Waals surface area contributed by atoms with Gasteiger partial charge in [0.05, 0.1) is 11.6 Å². The molecule has 1 N–H and O–H groups in total. The second-order valence-electron chi connectivity index (χ2n) is 11.1. The van der Waals surface area contributed by atoms with Crippen molar-refractivity contribution in [3.05, 3.63) is 137 Å². The Morgan fingerprint density at radius 3 is 2.08 bits per heavy atom. The van der Waals surface area contributed by atoms with Crippen LogP contribution in [0.5, 0.6) is 5.75 Å².